The van der Waals surface area contributed by atoms with Crippen LogP contribution < -0.4 is 11.2 Å². The molecule has 1 aromatic heterocycles. The molecule has 21 heavy (non-hydrogen) atoms. The molecule has 0 bridgehead atoms. The van der Waals surface area contributed by atoms with E-state index in [2.05, 4.69) is 30.9 Å². The van der Waals surface area contributed by atoms with Gasteiger partial charge in [-0.2, -0.15) is 0 Å². The normalized spacial score (nSPS) is 25.1. The van der Waals surface area contributed by atoms with Crippen LogP contribution in [0.15, 0.2) is 25.9 Å². The summed E-state index contributed by atoms with van der Waals surface area (Å²) in [6, 6.07) is 0. The van der Waals surface area contributed by atoms with Crippen molar-refractivity contribution in [1.29, 1.82) is 0 Å². The largest absolute Gasteiger partial charge is 0.390 e. The maximum Gasteiger partial charge on any atom is 0.330 e. The van der Waals surface area contributed by atoms with Gasteiger partial charge in [-0.3, -0.25) is 14.3 Å². The molecule has 0 radical (unpaired) electrons. The van der Waals surface area contributed by atoms with Crippen molar-refractivity contribution in [3.05, 3.63) is 48.0 Å². The average molecular weight is 358 g/mol. The van der Waals surface area contributed by atoms with Gasteiger partial charge in [0.15, 0.2) is 0 Å². The molecular formula is C11H12BrN5O4. The minimum absolute atomic E-state index is 0.0274. The number of aliphatic hydroxyl groups is 1. The smallest absolute Gasteiger partial charge is 0.330 e. The molecule has 112 valence electrons. The van der Waals surface area contributed by atoms with Crippen molar-refractivity contribution >= 4 is 22.0 Å². The van der Waals surface area contributed by atoms with Crippen molar-refractivity contribution in [2.75, 3.05) is 6.54 Å². The van der Waals surface area contributed by atoms with Crippen molar-refractivity contribution < 1.29 is 9.84 Å². The number of rotatable bonds is 4. The topological polar surface area (TPSA) is 133 Å². The van der Waals surface area contributed by atoms with Gasteiger partial charge in [-0.1, -0.05) is 21.0 Å². The summed E-state index contributed by atoms with van der Waals surface area (Å²) < 4.78 is 6.70. The first-order chi connectivity index (χ1) is 10.1. The van der Waals surface area contributed by atoms with E-state index in [9.17, 15) is 14.7 Å². The van der Waals surface area contributed by atoms with Crippen LogP contribution in [0.2, 0.25) is 0 Å². The minimum Gasteiger partial charge on any atom is -0.390 e. The summed E-state index contributed by atoms with van der Waals surface area (Å²) in [6.07, 6.45) is 0.735. The van der Waals surface area contributed by atoms with Gasteiger partial charge >= 0.3 is 5.69 Å². The molecule has 0 aliphatic carbocycles. The molecule has 0 spiro atoms. The Hall–Kier alpha value is -1.87. The highest BCUT2D eigenvalue weighted by atomic mass is 79.9. The lowest BCUT2D eigenvalue weighted by molar-refractivity contribution is -0.0151. The maximum absolute atomic E-state index is 11.8. The fraction of sp³-hybridized carbons (Fsp3) is 0.455. The first-order valence-corrected chi connectivity index (χ1v) is 6.95. The Morgan fingerprint density at radius 1 is 1.67 bits per heavy atom. The number of aromatic nitrogens is 2. The monoisotopic (exact) mass is 357 g/mol. The lowest BCUT2D eigenvalue weighted by Crippen LogP contribution is -2.33. The molecule has 1 aliphatic rings. The molecule has 9 nitrogen and oxygen atoms in total. The molecule has 1 fully saturated rings. The van der Waals surface area contributed by atoms with Crippen LogP contribution in [0.5, 0.6) is 0 Å². The van der Waals surface area contributed by atoms with Gasteiger partial charge in [0.25, 0.3) is 5.56 Å². The molecule has 3 atom stereocenters. The Morgan fingerprint density at radius 3 is 3.10 bits per heavy atom. The molecule has 0 saturated carbocycles. The number of ether oxygens (including phenoxy) is 1. The van der Waals surface area contributed by atoms with Gasteiger partial charge in [-0.25, -0.2) is 4.79 Å². The van der Waals surface area contributed by atoms with Crippen LogP contribution >= 0.6 is 15.9 Å². The van der Waals surface area contributed by atoms with Gasteiger partial charge in [0.05, 0.1) is 24.3 Å². The van der Waals surface area contributed by atoms with Crippen molar-refractivity contribution in [2.45, 2.75) is 24.9 Å². The predicted molar refractivity (Wildman–Crippen MR) is 77.8 cm³/mol. The number of halogens is 1. The summed E-state index contributed by atoms with van der Waals surface area (Å²) in [7, 11) is 0. The Bertz CT molecular complexity index is 705. The van der Waals surface area contributed by atoms with E-state index in [1.165, 1.54) is 21.8 Å². The van der Waals surface area contributed by atoms with Crippen LogP contribution in [-0.2, 0) is 4.74 Å². The molecule has 1 aliphatic heterocycles. The zero-order chi connectivity index (χ0) is 15.4. The van der Waals surface area contributed by atoms with Crippen molar-refractivity contribution in [3.63, 3.8) is 0 Å². The number of aliphatic hydroxyl groups excluding tert-OH is 1. The van der Waals surface area contributed by atoms with Gasteiger partial charge in [-0.15, -0.1) is 0 Å². The Kier molecular flexibility index (Phi) is 4.97. The Morgan fingerprint density at radius 2 is 2.43 bits per heavy atom. The third kappa shape index (κ3) is 3.42. The number of azide groups is 1. The summed E-state index contributed by atoms with van der Waals surface area (Å²) in [4.78, 5) is 29.7. The second kappa shape index (κ2) is 6.72. The zero-order valence-electron chi connectivity index (χ0n) is 10.7. The first kappa shape index (κ1) is 15.5. The Balaban J connectivity index is 2.31. The van der Waals surface area contributed by atoms with Crippen LogP contribution in [-0.4, -0.2) is 33.4 Å². The second-order valence-electron chi connectivity index (χ2n) is 4.39. The van der Waals surface area contributed by atoms with E-state index in [1.54, 1.807) is 0 Å². The summed E-state index contributed by atoms with van der Waals surface area (Å²) in [5.41, 5.74) is 7.40. The zero-order valence-corrected chi connectivity index (χ0v) is 12.3. The molecule has 1 unspecified atom stereocenters. The molecule has 2 N–H and O–H groups in total. The highest BCUT2D eigenvalue weighted by Crippen LogP contribution is 2.27. The van der Waals surface area contributed by atoms with Crippen molar-refractivity contribution in [1.82, 2.24) is 9.55 Å². The summed E-state index contributed by atoms with van der Waals surface area (Å²) in [5, 5.41) is 13.2. The third-order valence-corrected chi connectivity index (χ3v) is 3.34. The molecule has 1 saturated heterocycles. The predicted octanol–water partition coefficient (Wildman–Crippen LogP) is 0.861. The van der Waals surface area contributed by atoms with E-state index < -0.39 is 29.7 Å². The molecule has 1 aromatic rings. The van der Waals surface area contributed by atoms with Crippen LogP contribution in [0, 0.1) is 0 Å². The summed E-state index contributed by atoms with van der Waals surface area (Å²) in [5.74, 6) is 0. The number of aromatic amines is 1. The molecular weight excluding hydrogens is 346 g/mol. The van der Waals surface area contributed by atoms with Crippen LogP contribution in [0.3, 0.4) is 0 Å². The number of nitrogens with one attached hydrogen (secondary N) is 1. The van der Waals surface area contributed by atoms with E-state index >= 15 is 0 Å². The number of hydrogen-bond donors (Lipinski definition) is 2. The van der Waals surface area contributed by atoms with E-state index in [0.29, 0.717) is 0 Å². The maximum atomic E-state index is 11.8. The summed E-state index contributed by atoms with van der Waals surface area (Å²) in [6.45, 7) is -0.0274. The lowest BCUT2D eigenvalue weighted by Gasteiger charge is -2.14. The van der Waals surface area contributed by atoms with Crippen molar-refractivity contribution in [2.24, 2.45) is 5.11 Å². The van der Waals surface area contributed by atoms with E-state index in [0.717, 1.165) is 0 Å². The number of nitrogens with zero attached hydrogens (tertiary/aromatic N) is 4. The van der Waals surface area contributed by atoms with Crippen LogP contribution in [0.25, 0.3) is 16.5 Å². The van der Waals surface area contributed by atoms with Gasteiger partial charge in [0.1, 0.15) is 6.23 Å². The number of hydrogen-bond acceptors (Lipinski definition) is 5. The minimum atomic E-state index is -0.852. The highest BCUT2D eigenvalue weighted by molar-refractivity contribution is 9.11. The Labute approximate surface area is 126 Å². The third-order valence-electron chi connectivity index (χ3n) is 3.08. The quantitative estimate of drug-likeness (QED) is 0.469. The first-order valence-electron chi connectivity index (χ1n) is 6.03. The van der Waals surface area contributed by atoms with E-state index in [1.807, 2.05) is 0 Å². The fourth-order valence-electron chi connectivity index (χ4n) is 2.07. The van der Waals surface area contributed by atoms with Gasteiger partial charge in [0, 0.05) is 17.5 Å². The van der Waals surface area contributed by atoms with Gasteiger partial charge < -0.3 is 9.84 Å². The molecule has 10 heteroatoms. The SMILES string of the molecule is [N-]=[N+]=NC[C@@H]1O[C@H](n2cc(/C=C/Br)c(=O)[nH]c2=O)CC1O. The standard InChI is InChI=1S/C11H12BrN5O4/c12-2-1-6-5-17(11(20)15-10(6)19)9-3-7(18)8(21-9)4-14-16-13/h1-2,5,7-9,18H,3-4H2,(H,15,19,20)/b2-1+/t7?,8-,9-/m0/s1. The molecule has 2 heterocycles. The van der Waals surface area contributed by atoms with Crippen molar-refractivity contribution in [3.8, 4) is 0 Å². The average Bonchev–Trinajstić information content (AvgIpc) is 2.80. The highest BCUT2D eigenvalue weighted by Gasteiger charge is 2.35. The lowest BCUT2D eigenvalue weighted by atomic mass is 10.2. The fourth-order valence-corrected chi connectivity index (χ4v) is 2.35. The summed E-state index contributed by atoms with van der Waals surface area (Å²) >= 11 is 3.06. The van der Waals surface area contributed by atoms with Crippen LogP contribution in [0.4, 0.5) is 0 Å². The number of H-pyrrole nitrogens is 1. The van der Waals surface area contributed by atoms with Crippen LogP contribution in [0.1, 0.15) is 18.2 Å². The second-order valence-corrected chi connectivity index (χ2v) is 4.92. The van der Waals surface area contributed by atoms with Gasteiger partial charge in [-0.05, 0) is 16.6 Å². The van der Waals surface area contributed by atoms with E-state index in [-0.39, 0.29) is 18.5 Å². The van der Waals surface area contributed by atoms with E-state index in [4.69, 9.17) is 10.3 Å². The van der Waals surface area contributed by atoms with Gasteiger partial charge in [0.2, 0.25) is 0 Å². The molecule has 0 aromatic carbocycles. The molecule has 2 rings (SSSR count). The molecule has 0 amide bonds.